The first-order valence-electron chi connectivity index (χ1n) is 9.53. The lowest BCUT2D eigenvalue weighted by atomic mass is 10.1. The summed E-state index contributed by atoms with van der Waals surface area (Å²) >= 11 is 6.02. The third-order valence-corrected chi connectivity index (χ3v) is 5.29. The maximum atomic E-state index is 13.2. The van der Waals surface area contributed by atoms with Crippen LogP contribution in [0.1, 0.15) is 0 Å². The standard InChI is InChI=1S/C24H16ClN3O3/c1-30-21-9-5-4-8-19(21)22-26-23(31-27-22)20-14-28(16-12-10-15(25)11-13-16)24(29)18-7-3-2-6-17(18)20/h2-14H,1H3. The van der Waals surface area contributed by atoms with Crippen LogP contribution in [0, 0.1) is 0 Å². The minimum Gasteiger partial charge on any atom is -0.496 e. The number of hydrogen-bond acceptors (Lipinski definition) is 5. The van der Waals surface area contributed by atoms with Crippen LogP contribution in [-0.2, 0) is 0 Å². The maximum absolute atomic E-state index is 13.2. The largest absolute Gasteiger partial charge is 0.496 e. The molecule has 0 aliphatic heterocycles. The average Bonchev–Trinajstić information content (AvgIpc) is 3.30. The summed E-state index contributed by atoms with van der Waals surface area (Å²) in [7, 11) is 1.59. The van der Waals surface area contributed by atoms with E-state index in [0.29, 0.717) is 39.1 Å². The van der Waals surface area contributed by atoms with Crippen LogP contribution in [0.2, 0.25) is 5.02 Å². The summed E-state index contributed by atoms with van der Waals surface area (Å²) in [6.07, 6.45) is 1.72. The van der Waals surface area contributed by atoms with Gasteiger partial charge in [0.2, 0.25) is 5.82 Å². The molecule has 0 spiro atoms. The normalized spacial score (nSPS) is 11.0. The molecule has 5 aromatic rings. The molecule has 7 heteroatoms. The van der Waals surface area contributed by atoms with Crippen LogP contribution in [0.25, 0.3) is 39.3 Å². The number of halogens is 1. The van der Waals surface area contributed by atoms with E-state index in [1.54, 1.807) is 48.2 Å². The van der Waals surface area contributed by atoms with Gasteiger partial charge in [-0.15, -0.1) is 0 Å². The van der Waals surface area contributed by atoms with Crippen molar-refractivity contribution in [1.29, 1.82) is 0 Å². The second-order valence-electron chi connectivity index (χ2n) is 6.86. The molecule has 6 nitrogen and oxygen atoms in total. The Morgan fingerprint density at radius 1 is 0.903 bits per heavy atom. The van der Waals surface area contributed by atoms with Crippen LogP contribution in [0.3, 0.4) is 0 Å². The zero-order valence-corrected chi connectivity index (χ0v) is 17.2. The molecule has 5 rings (SSSR count). The van der Waals surface area contributed by atoms with E-state index >= 15 is 0 Å². The number of ether oxygens (including phenoxy) is 1. The van der Waals surface area contributed by atoms with Gasteiger partial charge in [-0.1, -0.05) is 47.1 Å². The summed E-state index contributed by atoms with van der Waals surface area (Å²) in [6.45, 7) is 0. The van der Waals surface area contributed by atoms with E-state index in [1.807, 2.05) is 42.5 Å². The fourth-order valence-electron chi connectivity index (χ4n) is 3.53. The second kappa shape index (κ2) is 7.74. The third-order valence-electron chi connectivity index (χ3n) is 5.03. The SMILES string of the molecule is COc1ccccc1-c1noc(-c2cn(-c3ccc(Cl)cc3)c(=O)c3ccccc23)n1. The molecule has 0 unspecified atom stereocenters. The maximum Gasteiger partial charge on any atom is 0.262 e. The number of fused-ring (bicyclic) bond motifs is 1. The van der Waals surface area contributed by atoms with Crippen molar-refractivity contribution < 1.29 is 9.26 Å². The number of methoxy groups -OCH3 is 1. The monoisotopic (exact) mass is 429 g/mol. The smallest absolute Gasteiger partial charge is 0.262 e. The Kier molecular flexibility index (Phi) is 4.76. The van der Waals surface area contributed by atoms with Gasteiger partial charge in [0.25, 0.3) is 11.4 Å². The van der Waals surface area contributed by atoms with E-state index in [0.717, 1.165) is 10.9 Å². The van der Waals surface area contributed by atoms with Gasteiger partial charge in [-0.3, -0.25) is 9.36 Å². The summed E-state index contributed by atoms with van der Waals surface area (Å²) in [4.78, 5) is 17.7. The van der Waals surface area contributed by atoms with Gasteiger partial charge in [0.1, 0.15) is 5.75 Å². The summed E-state index contributed by atoms with van der Waals surface area (Å²) in [5, 5.41) is 6.02. The van der Waals surface area contributed by atoms with E-state index in [4.69, 9.17) is 20.9 Å². The van der Waals surface area contributed by atoms with Gasteiger partial charge in [-0.05, 0) is 42.5 Å². The number of nitrogens with zero attached hydrogens (tertiary/aromatic N) is 3. The highest BCUT2D eigenvalue weighted by Crippen LogP contribution is 2.31. The Morgan fingerprint density at radius 3 is 2.39 bits per heavy atom. The van der Waals surface area contributed by atoms with Crippen LogP contribution in [0.15, 0.2) is 88.3 Å². The number of rotatable bonds is 4. The lowest BCUT2D eigenvalue weighted by molar-refractivity contribution is 0.413. The molecular formula is C24H16ClN3O3. The highest BCUT2D eigenvalue weighted by Gasteiger charge is 2.18. The Bertz CT molecular complexity index is 1460. The van der Waals surface area contributed by atoms with E-state index < -0.39 is 0 Å². The predicted molar refractivity (Wildman–Crippen MR) is 120 cm³/mol. The van der Waals surface area contributed by atoms with Crippen molar-refractivity contribution in [3.05, 3.63) is 94.4 Å². The highest BCUT2D eigenvalue weighted by atomic mass is 35.5. The molecule has 0 bridgehead atoms. The Hall–Kier alpha value is -3.90. The molecule has 0 saturated carbocycles. The van der Waals surface area contributed by atoms with Gasteiger partial charge in [-0.25, -0.2) is 0 Å². The van der Waals surface area contributed by atoms with Gasteiger partial charge < -0.3 is 9.26 Å². The van der Waals surface area contributed by atoms with Crippen molar-refractivity contribution in [3.8, 4) is 34.3 Å². The molecule has 31 heavy (non-hydrogen) atoms. The van der Waals surface area contributed by atoms with Crippen molar-refractivity contribution in [3.63, 3.8) is 0 Å². The summed E-state index contributed by atoms with van der Waals surface area (Å²) in [5.74, 6) is 1.35. The van der Waals surface area contributed by atoms with Crippen LogP contribution in [-0.4, -0.2) is 21.8 Å². The number of pyridine rings is 1. The van der Waals surface area contributed by atoms with E-state index in [1.165, 1.54) is 0 Å². The molecule has 0 atom stereocenters. The van der Waals surface area contributed by atoms with E-state index in [9.17, 15) is 4.79 Å². The molecule has 0 radical (unpaired) electrons. The first kappa shape index (κ1) is 19.1. The lowest BCUT2D eigenvalue weighted by Crippen LogP contribution is -2.18. The Labute approximate surface area is 182 Å². The van der Waals surface area contributed by atoms with Crippen LogP contribution in [0.4, 0.5) is 0 Å². The number of benzene rings is 3. The quantitative estimate of drug-likeness (QED) is 0.384. The molecule has 0 N–H and O–H groups in total. The third kappa shape index (κ3) is 3.37. The van der Waals surface area contributed by atoms with Gasteiger partial charge in [-0.2, -0.15) is 4.98 Å². The van der Waals surface area contributed by atoms with Crippen LogP contribution in [0.5, 0.6) is 5.75 Å². The van der Waals surface area contributed by atoms with Crippen molar-refractivity contribution in [1.82, 2.24) is 14.7 Å². The van der Waals surface area contributed by atoms with Crippen molar-refractivity contribution >= 4 is 22.4 Å². The van der Waals surface area contributed by atoms with Gasteiger partial charge >= 0.3 is 0 Å². The first-order chi connectivity index (χ1) is 15.2. The lowest BCUT2D eigenvalue weighted by Gasteiger charge is -2.10. The average molecular weight is 430 g/mol. The zero-order chi connectivity index (χ0) is 21.4. The van der Waals surface area contributed by atoms with E-state index in [-0.39, 0.29) is 5.56 Å². The fraction of sp³-hybridized carbons (Fsp3) is 0.0417. The fourth-order valence-corrected chi connectivity index (χ4v) is 3.65. The van der Waals surface area contributed by atoms with E-state index in [2.05, 4.69) is 10.1 Å². The first-order valence-corrected chi connectivity index (χ1v) is 9.91. The predicted octanol–water partition coefficient (Wildman–Crippen LogP) is 5.37. The summed E-state index contributed by atoms with van der Waals surface area (Å²) < 4.78 is 12.6. The molecule has 0 saturated heterocycles. The molecule has 0 amide bonds. The molecule has 2 aromatic heterocycles. The minimum atomic E-state index is -0.147. The number of hydrogen-bond donors (Lipinski definition) is 0. The zero-order valence-electron chi connectivity index (χ0n) is 16.4. The molecule has 2 heterocycles. The molecule has 0 aliphatic rings. The topological polar surface area (TPSA) is 70.2 Å². The molecule has 0 aliphatic carbocycles. The number of aromatic nitrogens is 3. The Balaban J connectivity index is 1.72. The van der Waals surface area contributed by atoms with Crippen molar-refractivity contribution in [2.75, 3.05) is 7.11 Å². The van der Waals surface area contributed by atoms with Gasteiger partial charge in [0.15, 0.2) is 0 Å². The van der Waals surface area contributed by atoms with Gasteiger partial charge in [0, 0.05) is 27.7 Å². The van der Waals surface area contributed by atoms with Crippen LogP contribution >= 0.6 is 11.6 Å². The Morgan fingerprint density at radius 2 is 1.61 bits per heavy atom. The highest BCUT2D eigenvalue weighted by molar-refractivity contribution is 6.30. The molecule has 152 valence electrons. The van der Waals surface area contributed by atoms with Crippen molar-refractivity contribution in [2.45, 2.75) is 0 Å². The van der Waals surface area contributed by atoms with Crippen molar-refractivity contribution in [2.24, 2.45) is 0 Å². The van der Waals surface area contributed by atoms with Gasteiger partial charge in [0.05, 0.1) is 18.2 Å². The molecule has 0 fully saturated rings. The summed E-state index contributed by atoms with van der Waals surface area (Å²) in [6, 6.07) is 21.9. The minimum absolute atomic E-state index is 0.147. The second-order valence-corrected chi connectivity index (χ2v) is 7.30. The number of para-hydroxylation sites is 1. The molecule has 3 aromatic carbocycles. The summed E-state index contributed by atoms with van der Waals surface area (Å²) in [5.41, 5.74) is 1.91. The molecular weight excluding hydrogens is 414 g/mol. The van der Waals surface area contributed by atoms with Crippen LogP contribution < -0.4 is 10.3 Å².